The number of halogens is 1. The largest absolute Gasteiger partial charge is 0.274 e. The Hall–Kier alpha value is -3.45. The lowest BCUT2D eigenvalue weighted by Crippen LogP contribution is -2.45. The lowest BCUT2D eigenvalue weighted by molar-refractivity contribution is -0.122. The van der Waals surface area contributed by atoms with Crippen LogP contribution in [0, 0.1) is 12.7 Å². The molecule has 1 saturated heterocycles. The molecule has 0 aliphatic carbocycles. The molecule has 1 atom stereocenters. The highest BCUT2D eigenvalue weighted by atomic mass is 32.2. The molecule has 0 spiro atoms. The molecule has 3 aromatic carbocycles. The Morgan fingerprint density at radius 2 is 1.44 bits per heavy atom. The standard InChI is InChI=1S/C24H22FN3O6S2/c1-16-2-10-21(11-3-16)36(33,34)27(15-17-4-6-18(25)7-5-17)22-14-23(29)28(24(22)30)19-8-12-20(13-9-19)35(26,31)32/h2-13,22H,14-15H2,1H3,(H2,26,31,32). The molecular formula is C24H22FN3O6S2. The molecule has 1 unspecified atom stereocenters. The molecule has 0 radical (unpaired) electrons. The van der Waals surface area contributed by atoms with E-state index in [1.54, 1.807) is 19.1 Å². The monoisotopic (exact) mass is 531 g/mol. The summed E-state index contributed by atoms with van der Waals surface area (Å²) in [7, 11) is -8.24. The Labute approximate surface area is 208 Å². The van der Waals surface area contributed by atoms with Crippen LogP contribution in [0.5, 0.6) is 0 Å². The maximum Gasteiger partial charge on any atom is 0.252 e. The van der Waals surface area contributed by atoms with Gasteiger partial charge >= 0.3 is 0 Å². The van der Waals surface area contributed by atoms with Gasteiger partial charge in [0, 0.05) is 6.54 Å². The highest BCUT2D eigenvalue weighted by molar-refractivity contribution is 7.89. The topological polar surface area (TPSA) is 135 Å². The van der Waals surface area contributed by atoms with Gasteiger partial charge in [-0.05, 0) is 61.0 Å². The number of anilines is 1. The van der Waals surface area contributed by atoms with E-state index in [0.29, 0.717) is 5.56 Å². The van der Waals surface area contributed by atoms with Crippen LogP contribution >= 0.6 is 0 Å². The molecular weight excluding hydrogens is 509 g/mol. The van der Waals surface area contributed by atoms with Crippen molar-refractivity contribution in [1.82, 2.24) is 4.31 Å². The van der Waals surface area contributed by atoms with Gasteiger partial charge < -0.3 is 0 Å². The molecule has 1 fully saturated rings. The zero-order chi connectivity index (χ0) is 26.3. The average molecular weight is 532 g/mol. The lowest BCUT2D eigenvalue weighted by atomic mass is 10.2. The molecule has 3 aromatic rings. The molecule has 1 aliphatic heterocycles. The zero-order valence-corrected chi connectivity index (χ0v) is 20.7. The molecule has 0 aromatic heterocycles. The fourth-order valence-corrected chi connectivity index (χ4v) is 5.96. The number of primary sulfonamides is 1. The van der Waals surface area contributed by atoms with Crippen LogP contribution in [0.2, 0.25) is 0 Å². The van der Waals surface area contributed by atoms with Crippen molar-refractivity contribution in [3.63, 3.8) is 0 Å². The summed E-state index contributed by atoms with van der Waals surface area (Å²) < 4.78 is 64.7. The molecule has 1 heterocycles. The van der Waals surface area contributed by atoms with Crippen LogP contribution in [0.25, 0.3) is 0 Å². The van der Waals surface area contributed by atoms with Crippen LogP contribution in [0.4, 0.5) is 10.1 Å². The highest BCUT2D eigenvalue weighted by Gasteiger charge is 2.47. The third-order valence-electron chi connectivity index (χ3n) is 5.77. The first-order chi connectivity index (χ1) is 16.9. The number of carbonyl (C=O) groups is 2. The molecule has 2 amide bonds. The van der Waals surface area contributed by atoms with Crippen molar-refractivity contribution in [2.24, 2.45) is 5.14 Å². The average Bonchev–Trinajstić information content (AvgIpc) is 3.11. The molecule has 0 bridgehead atoms. The van der Waals surface area contributed by atoms with Gasteiger partial charge in [-0.1, -0.05) is 29.8 Å². The van der Waals surface area contributed by atoms with E-state index in [2.05, 4.69) is 0 Å². The van der Waals surface area contributed by atoms with Gasteiger partial charge in [0.05, 0.1) is 21.9 Å². The van der Waals surface area contributed by atoms with Crippen molar-refractivity contribution in [2.45, 2.75) is 35.7 Å². The minimum atomic E-state index is -4.25. The SMILES string of the molecule is Cc1ccc(S(=O)(=O)N(Cc2ccc(F)cc2)C2CC(=O)N(c3ccc(S(N)(=O)=O)cc3)C2=O)cc1. The number of imide groups is 1. The van der Waals surface area contributed by atoms with E-state index >= 15 is 0 Å². The molecule has 2 N–H and O–H groups in total. The normalized spacial score (nSPS) is 16.7. The number of hydrogen-bond donors (Lipinski definition) is 1. The second-order valence-corrected chi connectivity index (χ2v) is 11.8. The third-order valence-corrected chi connectivity index (χ3v) is 8.57. The maximum atomic E-state index is 13.6. The fourth-order valence-electron chi connectivity index (χ4n) is 3.88. The van der Waals surface area contributed by atoms with Gasteiger partial charge in [0.1, 0.15) is 11.9 Å². The number of hydrogen-bond acceptors (Lipinski definition) is 6. The smallest absolute Gasteiger partial charge is 0.252 e. The first kappa shape index (κ1) is 25.6. The first-order valence-corrected chi connectivity index (χ1v) is 13.7. The van der Waals surface area contributed by atoms with Crippen molar-refractivity contribution in [3.05, 3.63) is 89.7 Å². The van der Waals surface area contributed by atoms with Gasteiger partial charge in [0.2, 0.25) is 26.0 Å². The maximum absolute atomic E-state index is 13.6. The van der Waals surface area contributed by atoms with Crippen LogP contribution in [0.1, 0.15) is 17.5 Å². The number of amides is 2. The molecule has 0 saturated carbocycles. The van der Waals surface area contributed by atoms with Crippen molar-refractivity contribution < 1.29 is 30.8 Å². The van der Waals surface area contributed by atoms with Crippen LogP contribution < -0.4 is 10.0 Å². The molecule has 12 heteroatoms. The summed E-state index contributed by atoms with van der Waals surface area (Å²) in [6, 6.07) is 14.6. The number of carbonyl (C=O) groups excluding carboxylic acids is 2. The van der Waals surface area contributed by atoms with Gasteiger partial charge in [-0.3, -0.25) is 9.59 Å². The number of benzene rings is 3. The van der Waals surface area contributed by atoms with Crippen LogP contribution in [-0.2, 0) is 36.2 Å². The Morgan fingerprint density at radius 3 is 2.00 bits per heavy atom. The minimum absolute atomic E-state index is 0.0635. The van der Waals surface area contributed by atoms with Crippen molar-refractivity contribution >= 4 is 37.5 Å². The predicted molar refractivity (Wildman–Crippen MR) is 129 cm³/mol. The summed E-state index contributed by atoms with van der Waals surface area (Å²) in [6.07, 6.45) is -0.429. The van der Waals surface area contributed by atoms with E-state index in [1.807, 2.05) is 0 Å². The number of nitrogens with two attached hydrogens (primary N) is 1. The van der Waals surface area contributed by atoms with Gasteiger partial charge in [0.15, 0.2) is 0 Å². The molecule has 36 heavy (non-hydrogen) atoms. The van der Waals surface area contributed by atoms with Crippen LogP contribution in [0.15, 0.2) is 82.6 Å². The van der Waals surface area contributed by atoms with E-state index in [-0.39, 0.29) is 22.0 Å². The summed E-state index contributed by atoms with van der Waals surface area (Å²) in [4.78, 5) is 26.8. The van der Waals surface area contributed by atoms with E-state index in [1.165, 1.54) is 48.5 Å². The van der Waals surface area contributed by atoms with Gasteiger partial charge in [-0.25, -0.2) is 31.3 Å². The number of rotatable bonds is 7. The van der Waals surface area contributed by atoms with Gasteiger partial charge in [-0.15, -0.1) is 0 Å². The lowest BCUT2D eigenvalue weighted by Gasteiger charge is -2.27. The minimum Gasteiger partial charge on any atom is -0.274 e. The van der Waals surface area contributed by atoms with Crippen molar-refractivity contribution in [1.29, 1.82) is 0 Å². The summed E-state index contributed by atoms with van der Waals surface area (Å²) in [5.41, 5.74) is 1.33. The first-order valence-electron chi connectivity index (χ1n) is 10.7. The summed E-state index contributed by atoms with van der Waals surface area (Å²) in [6.45, 7) is 1.52. The van der Waals surface area contributed by atoms with Crippen molar-refractivity contribution in [3.8, 4) is 0 Å². The summed E-state index contributed by atoms with van der Waals surface area (Å²) >= 11 is 0. The van der Waals surface area contributed by atoms with Crippen LogP contribution in [-0.4, -0.2) is 39.0 Å². The molecule has 4 rings (SSSR count). The summed E-state index contributed by atoms with van der Waals surface area (Å²) in [5, 5.41) is 5.10. The summed E-state index contributed by atoms with van der Waals surface area (Å²) in [5.74, 6) is -1.95. The van der Waals surface area contributed by atoms with E-state index < -0.39 is 50.1 Å². The quantitative estimate of drug-likeness (QED) is 0.465. The van der Waals surface area contributed by atoms with Crippen LogP contribution in [0.3, 0.4) is 0 Å². The number of aryl methyl sites for hydroxylation is 1. The number of sulfonamides is 2. The second-order valence-electron chi connectivity index (χ2n) is 8.32. The molecule has 9 nitrogen and oxygen atoms in total. The number of nitrogens with zero attached hydrogens (tertiary/aromatic N) is 2. The zero-order valence-electron chi connectivity index (χ0n) is 19.0. The van der Waals surface area contributed by atoms with Gasteiger partial charge in [0.25, 0.3) is 5.91 Å². The van der Waals surface area contributed by atoms with E-state index in [0.717, 1.165) is 26.9 Å². The fraction of sp³-hybridized carbons (Fsp3) is 0.167. The molecule has 1 aliphatic rings. The Bertz CT molecular complexity index is 1520. The third kappa shape index (κ3) is 5.07. The highest BCUT2D eigenvalue weighted by Crippen LogP contribution is 2.31. The predicted octanol–water partition coefficient (Wildman–Crippen LogP) is 2.30. The molecule has 188 valence electrons. The van der Waals surface area contributed by atoms with Crippen molar-refractivity contribution in [2.75, 3.05) is 4.90 Å². The Kier molecular flexibility index (Phi) is 6.80. The second kappa shape index (κ2) is 9.54. The Morgan fingerprint density at radius 1 is 0.889 bits per heavy atom. The van der Waals surface area contributed by atoms with E-state index in [4.69, 9.17) is 5.14 Å². The van der Waals surface area contributed by atoms with E-state index in [9.17, 15) is 30.8 Å². The Balaban J connectivity index is 1.73. The van der Waals surface area contributed by atoms with Gasteiger partial charge in [-0.2, -0.15) is 4.31 Å².